The maximum absolute atomic E-state index is 11.4. The topological polar surface area (TPSA) is 73.6 Å². The molecule has 0 fully saturated rings. The monoisotopic (exact) mass is 252 g/mol. The van der Waals surface area contributed by atoms with Crippen molar-refractivity contribution in [2.45, 2.75) is 19.4 Å². The maximum Gasteiger partial charge on any atom is 0.223 e. The van der Waals surface area contributed by atoms with Crippen LogP contribution < -0.4 is 20.5 Å². The average Bonchev–Trinajstić information content (AvgIpc) is 2.36. The first kappa shape index (κ1) is 14.3. The number of hydrogen-bond donors (Lipinski definition) is 2. The van der Waals surface area contributed by atoms with E-state index in [9.17, 15) is 4.79 Å². The molecule has 18 heavy (non-hydrogen) atoms. The third-order valence-electron chi connectivity index (χ3n) is 2.26. The van der Waals surface area contributed by atoms with Crippen molar-refractivity contribution < 1.29 is 14.3 Å². The number of benzene rings is 1. The van der Waals surface area contributed by atoms with E-state index in [1.807, 2.05) is 25.1 Å². The summed E-state index contributed by atoms with van der Waals surface area (Å²) >= 11 is 0. The average molecular weight is 252 g/mol. The number of carbonyl (C=O) groups is 1. The number of nitrogens with one attached hydrogen (secondary N) is 1. The fraction of sp³-hybridized carbons (Fsp3) is 0.462. The maximum atomic E-state index is 11.4. The van der Waals surface area contributed by atoms with Crippen molar-refractivity contribution in [3.63, 3.8) is 0 Å². The lowest BCUT2D eigenvalue weighted by Crippen LogP contribution is -2.35. The summed E-state index contributed by atoms with van der Waals surface area (Å²) in [7, 11) is 1.60. The van der Waals surface area contributed by atoms with Crippen molar-refractivity contribution in [1.82, 2.24) is 5.32 Å². The van der Waals surface area contributed by atoms with E-state index in [1.54, 1.807) is 13.2 Å². The van der Waals surface area contributed by atoms with Crippen molar-refractivity contribution in [2.75, 3.05) is 20.3 Å². The standard InChI is InChI=1S/C13H20N2O3/c1-10(14)9-15-13(16)6-7-18-12-5-3-4-11(8-12)17-2/h3-5,8,10H,6-7,9,14H2,1-2H3,(H,15,16). The summed E-state index contributed by atoms with van der Waals surface area (Å²) in [5, 5.41) is 2.72. The Balaban J connectivity index is 2.26. The Labute approximate surface area is 107 Å². The first-order valence-electron chi connectivity index (χ1n) is 5.91. The molecule has 0 spiro atoms. The fourth-order valence-corrected chi connectivity index (χ4v) is 1.32. The van der Waals surface area contributed by atoms with E-state index in [4.69, 9.17) is 15.2 Å². The van der Waals surface area contributed by atoms with Gasteiger partial charge in [0, 0.05) is 18.7 Å². The molecule has 3 N–H and O–H groups in total. The van der Waals surface area contributed by atoms with Gasteiger partial charge in [-0.3, -0.25) is 4.79 Å². The van der Waals surface area contributed by atoms with Gasteiger partial charge < -0.3 is 20.5 Å². The Morgan fingerprint density at radius 3 is 2.83 bits per heavy atom. The summed E-state index contributed by atoms with van der Waals surface area (Å²) in [6.45, 7) is 2.66. The normalized spacial score (nSPS) is 11.7. The highest BCUT2D eigenvalue weighted by Gasteiger charge is 2.03. The van der Waals surface area contributed by atoms with Gasteiger partial charge >= 0.3 is 0 Å². The zero-order chi connectivity index (χ0) is 13.4. The van der Waals surface area contributed by atoms with E-state index in [-0.39, 0.29) is 11.9 Å². The van der Waals surface area contributed by atoms with E-state index in [2.05, 4.69) is 5.32 Å². The van der Waals surface area contributed by atoms with Gasteiger partial charge in [0.25, 0.3) is 0 Å². The molecule has 1 amide bonds. The molecule has 0 radical (unpaired) electrons. The molecule has 5 nitrogen and oxygen atoms in total. The van der Waals surface area contributed by atoms with Gasteiger partial charge in [-0.25, -0.2) is 0 Å². The summed E-state index contributed by atoms with van der Waals surface area (Å²) in [4.78, 5) is 11.4. The number of nitrogens with two attached hydrogens (primary N) is 1. The second-order valence-corrected chi connectivity index (χ2v) is 4.06. The van der Waals surface area contributed by atoms with Crippen molar-refractivity contribution in [3.8, 4) is 11.5 Å². The molecule has 0 heterocycles. The molecule has 1 atom stereocenters. The van der Waals surface area contributed by atoms with Crippen LogP contribution in [0.4, 0.5) is 0 Å². The molecule has 0 saturated heterocycles. The molecule has 0 aromatic heterocycles. The number of rotatable bonds is 7. The van der Waals surface area contributed by atoms with Crippen LogP contribution in [0.3, 0.4) is 0 Å². The number of ether oxygens (including phenoxy) is 2. The minimum Gasteiger partial charge on any atom is -0.497 e. The first-order chi connectivity index (χ1) is 8.61. The predicted octanol–water partition coefficient (Wildman–Crippen LogP) is 0.927. The van der Waals surface area contributed by atoms with Crippen LogP contribution in [0.15, 0.2) is 24.3 Å². The summed E-state index contributed by atoms with van der Waals surface area (Å²) in [5.41, 5.74) is 5.53. The Bertz CT molecular complexity index is 380. The largest absolute Gasteiger partial charge is 0.497 e. The minimum absolute atomic E-state index is 0.0340. The van der Waals surface area contributed by atoms with Crippen molar-refractivity contribution in [3.05, 3.63) is 24.3 Å². The van der Waals surface area contributed by atoms with Crippen LogP contribution in [0.25, 0.3) is 0 Å². The smallest absolute Gasteiger partial charge is 0.223 e. The molecule has 1 aromatic rings. The highest BCUT2D eigenvalue weighted by molar-refractivity contribution is 5.76. The van der Waals surface area contributed by atoms with E-state index in [1.165, 1.54) is 0 Å². The van der Waals surface area contributed by atoms with Crippen LogP contribution in [0.1, 0.15) is 13.3 Å². The summed E-state index contributed by atoms with van der Waals surface area (Å²) in [6, 6.07) is 7.24. The van der Waals surface area contributed by atoms with E-state index in [0.717, 1.165) is 5.75 Å². The van der Waals surface area contributed by atoms with E-state index < -0.39 is 0 Å². The summed E-state index contributed by atoms with van der Waals surface area (Å²) in [5.74, 6) is 1.36. The van der Waals surface area contributed by atoms with Gasteiger partial charge in [0.15, 0.2) is 0 Å². The molecule has 1 unspecified atom stereocenters. The molecular formula is C13H20N2O3. The highest BCUT2D eigenvalue weighted by atomic mass is 16.5. The zero-order valence-electron chi connectivity index (χ0n) is 10.8. The van der Waals surface area contributed by atoms with Gasteiger partial charge in [-0.2, -0.15) is 0 Å². The molecule has 1 rings (SSSR count). The number of carbonyl (C=O) groups excluding carboxylic acids is 1. The molecule has 100 valence electrons. The van der Waals surface area contributed by atoms with Gasteiger partial charge in [-0.05, 0) is 19.1 Å². The lowest BCUT2D eigenvalue weighted by atomic mass is 10.3. The Kier molecular flexibility index (Phi) is 6.00. The van der Waals surface area contributed by atoms with Crippen molar-refractivity contribution in [1.29, 1.82) is 0 Å². The van der Waals surface area contributed by atoms with Gasteiger partial charge in [-0.15, -0.1) is 0 Å². The second-order valence-electron chi connectivity index (χ2n) is 4.06. The highest BCUT2D eigenvalue weighted by Crippen LogP contribution is 2.18. The second kappa shape index (κ2) is 7.55. The Morgan fingerprint density at radius 2 is 2.17 bits per heavy atom. The van der Waals surface area contributed by atoms with E-state index >= 15 is 0 Å². The van der Waals surface area contributed by atoms with Crippen LogP contribution >= 0.6 is 0 Å². The van der Waals surface area contributed by atoms with Gasteiger partial charge in [0.1, 0.15) is 11.5 Å². The summed E-state index contributed by atoms with van der Waals surface area (Å²) in [6.07, 6.45) is 0.309. The lowest BCUT2D eigenvalue weighted by Gasteiger charge is -2.09. The SMILES string of the molecule is COc1cccc(OCCC(=O)NCC(C)N)c1. The van der Waals surface area contributed by atoms with Crippen LogP contribution in [0, 0.1) is 0 Å². The van der Waals surface area contributed by atoms with Crippen molar-refractivity contribution >= 4 is 5.91 Å². The minimum atomic E-state index is -0.0600. The lowest BCUT2D eigenvalue weighted by molar-refractivity contribution is -0.121. The predicted molar refractivity (Wildman–Crippen MR) is 69.8 cm³/mol. The molecule has 1 aromatic carbocycles. The number of hydrogen-bond acceptors (Lipinski definition) is 4. The molecular weight excluding hydrogens is 232 g/mol. The van der Waals surface area contributed by atoms with Gasteiger partial charge in [-0.1, -0.05) is 6.07 Å². The molecule has 5 heteroatoms. The molecule has 0 aliphatic rings. The van der Waals surface area contributed by atoms with Gasteiger partial charge in [0.2, 0.25) is 5.91 Å². The number of methoxy groups -OCH3 is 1. The van der Waals surface area contributed by atoms with Crippen LogP contribution in [-0.4, -0.2) is 32.2 Å². The third-order valence-corrected chi connectivity index (χ3v) is 2.26. The summed E-state index contributed by atoms with van der Waals surface area (Å²) < 4.78 is 10.5. The molecule has 0 aliphatic carbocycles. The quantitative estimate of drug-likeness (QED) is 0.757. The van der Waals surface area contributed by atoms with Crippen LogP contribution in [0.5, 0.6) is 11.5 Å². The number of amides is 1. The first-order valence-corrected chi connectivity index (χ1v) is 5.91. The zero-order valence-corrected chi connectivity index (χ0v) is 10.8. The fourth-order valence-electron chi connectivity index (χ4n) is 1.32. The van der Waals surface area contributed by atoms with Crippen molar-refractivity contribution in [2.24, 2.45) is 5.73 Å². The molecule has 0 bridgehead atoms. The van der Waals surface area contributed by atoms with Gasteiger partial charge in [0.05, 0.1) is 20.1 Å². The Hall–Kier alpha value is -1.75. The molecule has 0 aliphatic heterocycles. The molecule has 0 saturated carbocycles. The van der Waals surface area contributed by atoms with Crippen LogP contribution in [-0.2, 0) is 4.79 Å². The van der Waals surface area contributed by atoms with E-state index in [0.29, 0.717) is 25.3 Å². The Morgan fingerprint density at radius 1 is 1.44 bits per heavy atom. The third kappa shape index (κ3) is 5.54. The van der Waals surface area contributed by atoms with Crippen LogP contribution in [0.2, 0.25) is 0 Å².